The molecule has 12 nitrogen and oxygen atoms in total. The van der Waals surface area contributed by atoms with Gasteiger partial charge in [-0.3, -0.25) is 35.0 Å². The van der Waals surface area contributed by atoms with Crippen molar-refractivity contribution in [3.63, 3.8) is 0 Å². The molecule has 0 unspecified atom stereocenters. The quantitative estimate of drug-likeness (QED) is 0.0856. The lowest BCUT2D eigenvalue weighted by molar-refractivity contribution is -0.383. The van der Waals surface area contributed by atoms with Gasteiger partial charge in [0, 0.05) is 113 Å². The summed E-state index contributed by atoms with van der Waals surface area (Å²) in [7, 11) is 2.67. The third-order valence-electron chi connectivity index (χ3n) is 9.71. The largest absolute Gasteiger partial charge is 0.507 e. The third-order valence-corrected chi connectivity index (χ3v) is 9.71. The van der Waals surface area contributed by atoms with Crippen molar-refractivity contribution in [1.29, 1.82) is 0 Å². The van der Waals surface area contributed by atoms with Gasteiger partial charge in [-0.05, 0) is 102 Å². The second-order valence-electron chi connectivity index (χ2n) is 13.6. The highest BCUT2D eigenvalue weighted by atomic mass is 16.6. The number of aromatic hydroxyl groups is 1. The van der Waals surface area contributed by atoms with Crippen LogP contribution in [0.3, 0.4) is 0 Å². The second kappa shape index (κ2) is 22.3. The van der Waals surface area contributed by atoms with E-state index in [2.05, 4.69) is 57.0 Å². The molecule has 0 saturated carbocycles. The number of nitrogen functional groups attached to an aromatic ring is 1. The van der Waals surface area contributed by atoms with Crippen molar-refractivity contribution >= 4 is 65.2 Å². The Morgan fingerprint density at radius 1 is 0.500 bits per heavy atom. The number of nitro benzene ring substituents is 1. The van der Waals surface area contributed by atoms with Crippen molar-refractivity contribution < 1.29 is 19.9 Å². The second-order valence-corrected chi connectivity index (χ2v) is 13.6. The lowest BCUT2D eigenvalue weighted by Gasteiger charge is -2.03. The highest BCUT2D eigenvalue weighted by Crippen LogP contribution is 2.27. The summed E-state index contributed by atoms with van der Waals surface area (Å²) in [6.07, 6.45) is 17.5. The highest BCUT2D eigenvalue weighted by molar-refractivity contribution is 5.94. The minimum absolute atomic E-state index is 0.132. The number of aromatic nitrogens is 5. The summed E-state index contributed by atoms with van der Waals surface area (Å²) in [6.45, 7) is 6.07. The molecule has 0 aliphatic heterocycles. The number of fused-ring (bicyclic) bond motifs is 5. The molecule has 0 aliphatic carbocycles. The normalized spacial score (nSPS) is 10.0. The van der Waals surface area contributed by atoms with Gasteiger partial charge in [-0.1, -0.05) is 54.6 Å². The summed E-state index contributed by atoms with van der Waals surface area (Å²) in [6, 6.07) is 34.3. The molecule has 0 radical (unpaired) electrons. The van der Waals surface area contributed by atoms with Crippen molar-refractivity contribution in [3.05, 3.63) is 198 Å². The Kier molecular flexibility index (Phi) is 16.2. The maximum Gasteiger partial charge on any atom is 0.277 e. The van der Waals surface area contributed by atoms with Crippen LogP contribution >= 0.6 is 0 Å². The number of aliphatic hydroxyl groups is 1. The molecule has 10 rings (SSSR count). The zero-order valence-corrected chi connectivity index (χ0v) is 35.0. The Morgan fingerprint density at radius 3 is 1.48 bits per heavy atom. The molecule has 5 aromatic heterocycles. The molecule has 0 amide bonds. The molecule has 4 N–H and O–H groups in total. The fourth-order valence-electron chi connectivity index (χ4n) is 6.46. The number of aryl methyl sites for hydroxylation is 3. The molecule has 12 heteroatoms. The molecule has 5 aromatic carbocycles. The molecular formula is C50H47N7O5. The van der Waals surface area contributed by atoms with Crippen LogP contribution in [-0.4, -0.2) is 54.3 Å². The van der Waals surface area contributed by atoms with Gasteiger partial charge in [-0.25, -0.2) is 0 Å². The number of ether oxygens (including phenoxy) is 1. The number of non-ortho nitro benzene ring substituents is 1. The van der Waals surface area contributed by atoms with E-state index in [9.17, 15) is 15.2 Å². The molecule has 0 fully saturated rings. The number of nitro groups is 1. The van der Waals surface area contributed by atoms with Crippen molar-refractivity contribution in [3.8, 4) is 11.5 Å². The number of benzene rings is 5. The van der Waals surface area contributed by atoms with Gasteiger partial charge in [-0.2, -0.15) is 0 Å². The zero-order chi connectivity index (χ0) is 44.4. The minimum Gasteiger partial charge on any atom is -0.507 e. The Morgan fingerprint density at radius 2 is 0.935 bits per heavy atom. The highest BCUT2D eigenvalue weighted by Gasteiger charge is 2.12. The molecule has 0 aliphatic rings. The van der Waals surface area contributed by atoms with E-state index < -0.39 is 0 Å². The summed E-state index contributed by atoms with van der Waals surface area (Å²) >= 11 is 0. The molecule has 312 valence electrons. The maximum absolute atomic E-state index is 10.7. The van der Waals surface area contributed by atoms with Crippen molar-refractivity contribution in [1.82, 2.24) is 24.9 Å². The van der Waals surface area contributed by atoms with E-state index in [1.165, 1.54) is 28.0 Å². The van der Waals surface area contributed by atoms with Crippen LogP contribution in [0.15, 0.2) is 171 Å². The van der Waals surface area contributed by atoms with E-state index in [1.54, 1.807) is 62.5 Å². The molecule has 0 spiro atoms. The Balaban J connectivity index is 0.000000145. The molecule has 0 saturated heterocycles. The first-order valence-electron chi connectivity index (χ1n) is 19.3. The molecule has 5 heterocycles. The Labute approximate surface area is 359 Å². The van der Waals surface area contributed by atoms with E-state index in [0.29, 0.717) is 5.39 Å². The van der Waals surface area contributed by atoms with Gasteiger partial charge in [-0.15, -0.1) is 0 Å². The SMILES string of the molecule is CO.COc1cccc2ccncc12.Cc1ccc(N)c2ccncc12.Cc1ccc([N+](=O)[O-])c2ccncc12.Cc1cccc2ccncc12.Oc1cccc2ccncc12. The van der Waals surface area contributed by atoms with Gasteiger partial charge < -0.3 is 20.7 Å². The van der Waals surface area contributed by atoms with Gasteiger partial charge in [0.1, 0.15) is 11.5 Å². The number of phenolic OH excluding ortho intramolecular Hbond substituents is 1. The predicted octanol–water partition coefficient (Wildman–Crippen LogP) is 10.9. The third kappa shape index (κ3) is 11.3. The van der Waals surface area contributed by atoms with Crippen LogP contribution in [0.1, 0.15) is 16.7 Å². The van der Waals surface area contributed by atoms with Gasteiger partial charge in [0.2, 0.25) is 0 Å². The first-order chi connectivity index (χ1) is 30.2. The van der Waals surface area contributed by atoms with E-state index in [1.807, 2.05) is 98.4 Å². The number of nitrogens with zero attached hydrogens (tertiary/aromatic N) is 6. The number of aliphatic hydroxyl groups excluding tert-OH is 1. The van der Waals surface area contributed by atoms with Crippen LogP contribution in [0, 0.1) is 30.9 Å². The van der Waals surface area contributed by atoms with Gasteiger partial charge in [0.25, 0.3) is 5.69 Å². The molecule has 0 atom stereocenters. The summed E-state index contributed by atoms with van der Waals surface area (Å²) in [5.41, 5.74) is 10.2. The number of hydrogen-bond acceptors (Lipinski definition) is 11. The fourth-order valence-corrected chi connectivity index (χ4v) is 6.46. The van der Waals surface area contributed by atoms with Crippen LogP contribution in [-0.2, 0) is 0 Å². The number of hydrogen-bond donors (Lipinski definition) is 3. The lowest BCUT2D eigenvalue weighted by atomic mass is 10.1. The lowest BCUT2D eigenvalue weighted by Crippen LogP contribution is -1.91. The summed E-state index contributed by atoms with van der Waals surface area (Å²) in [4.78, 5) is 30.4. The average molecular weight is 826 g/mol. The van der Waals surface area contributed by atoms with Crippen LogP contribution in [0.5, 0.6) is 11.5 Å². The fraction of sp³-hybridized carbons (Fsp3) is 0.100. The Bertz CT molecular complexity index is 2920. The maximum atomic E-state index is 10.7. The van der Waals surface area contributed by atoms with Gasteiger partial charge in [0.05, 0.1) is 17.4 Å². The van der Waals surface area contributed by atoms with Crippen molar-refractivity contribution in [2.75, 3.05) is 20.0 Å². The Hall–Kier alpha value is -8.09. The van der Waals surface area contributed by atoms with E-state index in [-0.39, 0.29) is 16.4 Å². The number of phenols is 1. The smallest absolute Gasteiger partial charge is 0.277 e. The summed E-state index contributed by atoms with van der Waals surface area (Å²) in [5, 5.41) is 37.3. The zero-order valence-electron chi connectivity index (χ0n) is 35.0. The summed E-state index contributed by atoms with van der Waals surface area (Å²) < 4.78 is 5.19. The number of rotatable bonds is 2. The van der Waals surface area contributed by atoms with Gasteiger partial charge in [0.15, 0.2) is 0 Å². The number of pyridine rings is 5. The van der Waals surface area contributed by atoms with E-state index >= 15 is 0 Å². The van der Waals surface area contributed by atoms with Crippen molar-refractivity contribution in [2.45, 2.75) is 20.8 Å². The molecule has 62 heavy (non-hydrogen) atoms. The van der Waals surface area contributed by atoms with Crippen LogP contribution in [0.25, 0.3) is 53.9 Å². The monoisotopic (exact) mass is 825 g/mol. The summed E-state index contributed by atoms with van der Waals surface area (Å²) in [5.74, 6) is 1.16. The van der Waals surface area contributed by atoms with Crippen LogP contribution < -0.4 is 10.5 Å². The molecule has 0 bridgehead atoms. The van der Waals surface area contributed by atoms with E-state index in [4.69, 9.17) is 15.6 Å². The molecular weight excluding hydrogens is 779 g/mol. The predicted molar refractivity (Wildman–Crippen MR) is 250 cm³/mol. The number of anilines is 1. The molecule has 10 aromatic rings. The van der Waals surface area contributed by atoms with Crippen LogP contribution in [0.4, 0.5) is 11.4 Å². The average Bonchev–Trinajstić information content (AvgIpc) is 3.32. The van der Waals surface area contributed by atoms with Gasteiger partial charge >= 0.3 is 0 Å². The topological polar surface area (TPSA) is 183 Å². The van der Waals surface area contributed by atoms with Crippen molar-refractivity contribution in [2.24, 2.45) is 0 Å². The van der Waals surface area contributed by atoms with E-state index in [0.717, 1.165) is 61.8 Å². The minimum atomic E-state index is -0.373. The first-order valence-corrected chi connectivity index (χ1v) is 19.3. The number of methoxy groups -OCH3 is 1. The van der Waals surface area contributed by atoms with Crippen LogP contribution in [0.2, 0.25) is 0 Å². The standard InChI is InChI=1S/C10H8N2O2.C10H10N2.C10H9NO.C10H9N.C9H7NO.CH4O/c1-7-2-3-10(12(13)14)8-4-5-11-6-9(7)8;1-7-2-3-10(11)8-4-5-12-6-9(7)8;1-12-10-4-2-3-8-5-6-11-7-9(8)10;1-8-3-2-4-9-5-6-11-7-10(8)9;11-9-3-1-2-7-4-5-10-6-8(7)9;1-2/h2-6H,1H3;2-6H,11H2,1H3;2-7H,1H3;2-7H,1H3;1-6,11H;2H,1H3. The first kappa shape index (κ1) is 45.0. The number of nitrogens with two attached hydrogens (primary N) is 1.